The second kappa shape index (κ2) is 7.63. The standard InChI is InChI=1S/C24H20FN3O2/c25-18-7-4-6-16(14-18)17-11-12-22-20(15-17)27-23(30-22)21-10-5-13-28(21)24(29)26-19-8-2-1-3-9-19/h1-4,6-9,11-12,14-15,21H,5,10,13H2,(H,26,29)/t21-/m0/s1. The first-order chi connectivity index (χ1) is 14.7. The molecule has 0 radical (unpaired) electrons. The number of fused-ring (bicyclic) bond motifs is 1. The van der Waals surface area contributed by atoms with Crippen LogP contribution >= 0.6 is 0 Å². The van der Waals surface area contributed by atoms with Crippen LogP contribution in [0.15, 0.2) is 77.2 Å². The first-order valence-corrected chi connectivity index (χ1v) is 9.96. The molecule has 0 bridgehead atoms. The molecule has 0 aliphatic carbocycles. The van der Waals surface area contributed by atoms with Crippen LogP contribution < -0.4 is 5.32 Å². The molecule has 1 aliphatic heterocycles. The van der Waals surface area contributed by atoms with Crippen molar-refractivity contribution >= 4 is 22.8 Å². The van der Waals surface area contributed by atoms with Crippen molar-refractivity contribution in [2.75, 3.05) is 11.9 Å². The summed E-state index contributed by atoms with van der Waals surface area (Å²) in [5, 5.41) is 2.94. The number of benzene rings is 3. The van der Waals surface area contributed by atoms with Crippen LogP contribution in [-0.2, 0) is 0 Å². The van der Waals surface area contributed by atoms with Crippen LogP contribution in [0.25, 0.3) is 22.2 Å². The van der Waals surface area contributed by atoms with Gasteiger partial charge in [0.25, 0.3) is 0 Å². The van der Waals surface area contributed by atoms with E-state index in [0.717, 1.165) is 29.7 Å². The summed E-state index contributed by atoms with van der Waals surface area (Å²) < 4.78 is 19.6. The number of likely N-dealkylation sites (tertiary alicyclic amines) is 1. The van der Waals surface area contributed by atoms with Crippen molar-refractivity contribution in [2.24, 2.45) is 0 Å². The SMILES string of the molecule is O=C(Nc1ccccc1)N1CCC[C@H]1c1nc2cc(-c3cccc(F)c3)ccc2o1. The zero-order valence-corrected chi connectivity index (χ0v) is 16.2. The summed E-state index contributed by atoms with van der Waals surface area (Å²) in [5.41, 5.74) is 3.76. The number of rotatable bonds is 3. The Bertz CT molecular complexity index is 1210. The molecular weight excluding hydrogens is 381 g/mol. The highest BCUT2D eigenvalue weighted by atomic mass is 19.1. The lowest BCUT2D eigenvalue weighted by Gasteiger charge is -2.22. The van der Waals surface area contributed by atoms with Gasteiger partial charge in [-0.1, -0.05) is 36.4 Å². The molecule has 1 N–H and O–H groups in total. The number of hydrogen-bond acceptors (Lipinski definition) is 3. The van der Waals surface area contributed by atoms with Gasteiger partial charge in [0.15, 0.2) is 5.58 Å². The number of aromatic nitrogens is 1. The fourth-order valence-corrected chi connectivity index (χ4v) is 3.92. The van der Waals surface area contributed by atoms with Gasteiger partial charge >= 0.3 is 6.03 Å². The van der Waals surface area contributed by atoms with Crippen LogP contribution in [-0.4, -0.2) is 22.5 Å². The first-order valence-electron chi connectivity index (χ1n) is 9.96. The summed E-state index contributed by atoms with van der Waals surface area (Å²) in [7, 11) is 0. The summed E-state index contributed by atoms with van der Waals surface area (Å²) in [6.07, 6.45) is 1.69. The molecule has 0 unspecified atom stereocenters. The number of carbonyl (C=O) groups is 1. The Balaban J connectivity index is 1.41. The van der Waals surface area contributed by atoms with Crippen LogP contribution in [0.1, 0.15) is 24.8 Å². The minimum Gasteiger partial charge on any atom is -0.438 e. The molecule has 5 nitrogen and oxygen atoms in total. The van der Waals surface area contributed by atoms with Crippen LogP contribution in [0.4, 0.5) is 14.9 Å². The molecule has 4 aromatic rings. The minimum absolute atomic E-state index is 0.161. The van der Waals surface area contributed by atoms with Crippen molar-refractivity contribution < 1.29 is 13.6 Å². The van der Waals surface area contributed by atoms with Crippen molar-refractivity contribution in [3.8, 4) is 11.1 Å². The van der Waals surface area contributed by atoms with Gasteiger partial charge in [0.2, 0.25) is 5.89 Å². The molecule has 6 heteroatoms. The normalized spacial score (nSPS) is 16.2. The van der Waals surface area contributed by atoms with Gasteiger partial charge in [-0.2, -0.15) is 0 Å². The number of hydrogen-bond donors (Lipinski definition) is 1. The zero-order chi connectivity index (χ0) is 20.5. The van der Waals surface area contributed by atoms with E-state index >= 15 is 0 Å². The highest BCUT2D eigenvalue weighted by molar-refractivity contribution is 5.89. The molecule has 0 saturated carbocycles. The lowest BCUT2D eigenvalue weighted by atomic mass is 10.1. The Morgan fingerprint density at radius 2 is 1.87 bits per heavy atom. The van der Waals surface area contributed by atoms with E-state index in [1.807, 2.05) is 54.6 Å². The third kappa shape index (κ3) is 3.52. The zero-order valence-electron chi connectivity index (χ0n) is 16.2. The second-order valence-corrected chi connectivity index (χ2v) is 7.39. The number of para-hydroxylation sites is 1. The average Bonchev–Trinajstić information content (AvgIpc) is 3.41. The third-order valence-electron chi connectivity index (χ3n) is 5.39. The van der Waals surface area contributed by atoms with Gasteiger partial charge in [0.1, 0.15) is 17.4 Å². The summed E-state index contributed by atoms with van der Waals surface area (Å²) in [6, 6.07) is 21.1. The molecule has 1 aliphatic rings. The minimum atomic E-state index is -0.278. The Morgan fingerprint density at radius 3 is 2.70 bits per heavy atom. The molecule has 1 fully saturated rings. The van der Waals surface area contributed by atoms with Gasteiger partial charge in [-0.15, -0.1) is 0 Å². The van der Waals surface area contributed by atoms with Crippen molar-refractivity contribution in [1.82, 2.24) is 9.88 Å². The number of nitrogens with one attached hydrogen (secondary N) is 1. The quantitative estimate of drug-likeness (QED) is 0.458. The number of amides is 2. The summed E-state index contributed by atoms with van der Waals surface area (Å²) in [4.78, 5) is 19.2. The van der Waals surface area contributed by atoms with E-state index in [-0.39, 0.29) is 17.9 Å². The van der Waals surface area contributed by atoms with Crippen LogP contribution in [0.2, 0.25) is 0 Å². The predicted molar refractivity (Wildman–Crippen MR) is 114 cm³/mol. The smallest absolute Gasteiger partial charge is 0.322 e. The summed E-state index contributed by atoms with van der Waals surface area (Å²) in [5.74, 6) is 0.251. The largest absolute Gasteiger partial charge is 0.438 e. The molecule has 1 saturated heterocycles. The number of oxazole rings is 1. The monoisotopic (exact) mass is 401 g/mol. The van der Waals surface area contributed by atoms with E-state index in [4.69, 9.17) is 4.42 Å². The molecule has 5 rings (SSSR count). The molecule has 2 heterocycles. The Labute approximate surface area is 173 Å². The van der Waals surface area contributed by atoms with Crippen molar-refractivity contribution in [1.29, 1.82) is 0 Å². The van der Waals surface area contributed by atoms with Gasteiger partial charge in [0.05, 0.1) is 0 Å². The number of nitrogens with zero attached hydrogens (tertiary/aromatic N) is 2. The second-order valence-electron chi connectivity index (χ2n) is 7.39. The van der Waals surface area contributed by atoms with E-state index in [1.165, 1.54) is 12.1 Å². The fourth-order valence-electron chi connectivity index (χ4n) is 3.92. The maximum absolute atomic E-state index is 13.6. The maximum atomic E-state index is 13.6. The van der Waals surface area contributed by atoms with Gasteiger partial charge in [-0.05, 0) is 60.4 Å². The highest BCUT2D eigenvalue weighted by Crippen LogP contribution is 2.34. The molecule has 3 aromatic carbocycles. The van der Waals surface area contributed by atoms with Gasteiger partial charge in [-0.25, -0.2) is 14.2 Å². The van der Waals surface area contributed by atoms with E-state index in [9.17, 15) is 9.18 Å². The van der Waals surface area contributed by atoms with E-state index < -0.39 is 0 Å². The molecule has 1 aromatic heterocycles. The topological polar surface area (TPSA) is 58.4 Å². The van der Waals surface area contributed by atoms with Crippen molar-refractivity contribution in [3.05, 3.63) is 84.5 Å². The van der Waals surface area contributed by atoms with Gasteiger partial charge in [0, 0.05) is 12.2 Å². The van der Waals surface area contributed by atoms with Crippen LogP contribution in [0.5, 0.6) is 0 Å². The van der Waals surface area contributed by atoms with E-state index in [1.54, 1.807) is 11.0 Å². The van der Waals surface area contributed by atoms with Gasteiger partial charge in [-0.3, -0.25) is 0 Å². The van der Waals surface area contributed by atoms with Crippen LogP contribution in [0.3, 0.4) is 0 Å². The summed E-state index contributed by atoms with van der Waals surface area (Å²) in [6.45, 7) is 0.649. The molecule has 30 heavy (non-hydrogen) atoms. The molecule has 1 atom stereocenters. The number of anilines is 1. The fraction of sp³-hybridized carbons (Fsp3) is 0.167. The Hall–Kier alpha value is -3.67. The van der Waals surface area contributed by atoms with Crippen molar-refractivity contribution in [2.45, 2.75) is 18.9 Å². The number of urea groups is 1. The van der Waals surface area contributed by atoms with E-state index in [0.29, 0.717) is 23.5 Å². The molecular formula is C24H20FN3O2. The Kier molecular flexibility index (Phi) is 4.67. The lowest BCUT2D eigenvalue weighted by Crippen LogP contribution is -2.34. The third-order valence-corrected chi connectivity index (χ3v) is 5.39. The molecule has 2 amide bonds. The van der Waals surface area contributed by atoms with Crippen LogP contribution in [0, 0.1) is 5.82 Å². The molecule has 150 valence electrons. The predicted octanol–water partition coefficient (Wildman–Crippen LogP) is 6.00. The number of carbonyl (C=O) groups excluding carboxylic acids is 1. The Morgan fingerprint density at radius 1 is 1.03 bits per heavy atom. The maximum Gasteiger partial charge on any atom is 0.322 e. The van der Waals surface area contributed by atoms with E-state index in [2.05, 4.69) is 10.3 Å². The number of halogens is 1. The first kappa shape index (κ1) is 18.4. The highest BCUT2D eigenvalue weighted by Gasteiger charge is 2.33. The lowest BCUT2D eigenvalue weighted by molar-refractivity contribution is 0.199. The molecule has 0 spiro atoms. The average molecular weight is 401 g/mol. The summed E-state index contributed by atoms with van der Waals surface area (Å²) >= 11 is 0. The van der Waals surface area contributed by atoms with Crippen molar-refractivity contribution in [3.63, 3.8) is 0 Å². The van der Waals surface area contributed by atoms with Gasteiger partial charge < -0.3 is 14.6 Å².